The van der Waals surface area contributed by atoms with Crippen molar-refractivity contribution in [1.29, 1.82) is 0 Å². The molecule has 0 fully saturated rings. The average Bonchev–Trinajstić information content (AvgIpc) is 2.81. The highest BCUT2D eigenvalue weighted by Crippen LogP contribution is 2.18. The standard InChI is InChI=1S/C23H19ClN4O4/c1-32-18-6-2-5-17(11-18)28-22(30)19-8-7-16(24)10-20(19)27(23(28)31)14-21(29)26-13-15-4-3-9-25-12-15/h2-12H,13-14H2,1H3,(H,26,29). The van der Waals surface area contributed by atoms with Crippen LogP contribution in [0.3, 0.4) is 0 Å². The maximum absolute atomic E-state index is 13.4. The van der Waals surface area contributed by atoms with E-state index in [-0.39, 0.29) is 24.0 Å². The molecule has 0 radical (unpaired) electrons. The van der Waals surface area contributed by atoms with E-state index in [4.69, 9.17) is 16.3 Å². The number of nitrogens with zero attached hydrogens (tertiary/aromatic N) is 3. The number of pyridine rings is 1. The number of halogens is 1. The molecule has 2 aromatic carbocycles. The molecule has 0 spiro atoms. The Morgan fingerprint density at radius 2 is 1.97 bits per heavy atom. The summed E-state index contributed by atoms with van der Waals surface area (Å²) in [6.07, 6.45) is 3.28. The average molecular weight is 451 g/mol. The lowest BCUT2D eigenvalue weighted by atomic mass is 10.2. The summed E-state index contributed by atoms with van der Waals surface area (Å²) in [6.45, 7) is -0.0319. The predicted molar refractivity (Wildman–Crippen MR) is 121 cm³/mol. The van der Waals surface area contributed by atoms with E-state index in [2.05, 4.69) is 10.3 Å². The number of methoxy groups -OCH3 is 1. The number of aromatic nitrogens is 3. The van der Waals surface area contributed by atoms with Crippen LogP contribution in [-0.4, -0.2) is 27.1 Å². The van der Waals surface area contributed by atoms with E-state index in [0.717, 1.165) is 10.1 Å². The smallest absolute Gasteiger partial charge is 0.336 e. The lowest BCUT2D eigenvalue weighted by Crippen LogP contribution is -2.41. The highest BCUT2D eigenvalue weighted by Gasteiger charge is 2.17. The maximum Gasteiger partial charge on any atom is 0.336 e. The molecule has 0 aliphatic rings. The van der Waals surface area contributed by atoms with Gasteiger partial charge in [0, 0.05) is 30.0 Å². The van der Waals surface area contributed by atoms with Crippen molar-refractivity contribution in [3.05, 3.63) is 98.4 Å². The molecule has 162 valence electrons. The van der Waals surface area contributed by atoms with Gasteiger partial charge in [-0.1, -0.05) is 23.7 Å². The molecule has 2 aromatic heterocycles. The van der Waals surface area contributed by atoms with E-state index in [1.54, 1.807) is 54.9 Å². The Hall–Kier alpha value is -3.91. The lowest BCUT2D eigenvalue weighted by molar-refractivity contribution is -0.121. The number of rotatable bonds is 6. The second kappa shape index (κ2) is 9.07. The Kier molecular flexibility index (Phi) is 6.04. The van der Waals surface area contributed by atoms with Crippen LogP contribution in [0.4, 0.5) is 0 Å². The fourth-order valence-corrected chi connectivity index (χ4v) is 3.54. The zero-order valence-corrected chi connectivity index (χ0v) is 17.9. The lowest BCUT2D eigenvalue weighted by Gasteiger charge is -2.15. The number of fused-ring (bicyclic) bond motifs is 1. The van der Waals surface area contributed by atoms with Crippen molar-refractivity contribution < 1.29 is 9.53 Å². The third kappa shape index (κ3) is 4.26. The number of amides is 1. The van der Waals surface area contributed by atoms with Crippen LogP contribution in [-0.2, 0) is 17.9 Å². The predicted octanol–water partition coefficient (Wildman–Crippen LogP) is 2.53. The van der Waals surface area contributed by atoms with Gasteiger partial charge in [0.2, 0.25) is 5.91 Å². The summed E-state index contributed by atoms with van der Waals surface area (Å²) in [7, 11) is 1.50. The van der Waals surface area contributed by atoms with Crippen LogP contribution in [0.5, 0.6) is 5.75 Å². The van der Waals surface area contributed by atoms with Crippen molar-refractivity contribution in [2.75, 3.05) is 7.11 Å². The molecule has 0 bridgehead atoms. The molecule has 0 aliphatic carbocycles. The molecule has 1 N–H and O–H groups in total. The number of hydrogen-bond donors (Lipinski definition) is 1. The van der Waals surface area contributed by atoms with Gasteiger partial charge in [0.25, 0.3) is 5.56 Å². The van der Waals surface area contributed by atoms with E-state index in [1.807, 2.05) is 6.07 Å². The van der Waals surface area contributed by atoms with Crippen molar-refractivity contribution >= 4 is 28.4 Å². The molecule has 0 atom stereocenters. The summed E-state index contributed by atoms with van der Waals surface area (Å²) in [5.74, 6) is 0.0961. The molecular weight excluding hydrogens is 432 g/mol. The van der Waals surface area contributed by atoms with Crippen molar-refractivity contribution in [2.24, 2.45) is 0 Å². The van der Waals surface area contributed by atoms with Gasteiger partial charge in [0.15, 0.2) is 0 Å². The van der Waals surface area contributed by atoms with Crippen LogP contribution < -0.4 is 21.3 Å². The molecule has 0 aliphatic heterocycles. The van der Waals surface area contributed by atoms with Crippen LogP contribution in [0.15, 0.2) is 76.6 Å². The summed E-state index contributed by atoms with van der Waals surface area (Å²) < 4.78 is 7.47. The third-order valence-electron chi connectivity index (χ3n) is 4.93. The molecule has 9 heteroatoms. The van der Waals surface area contributed by atoms with Gasteiger partial charge in [-0.25, -0.2) is 9.36 Å². The van der Waals surface area contributed by atoms with E-state index in [1.165, 1.54) is 17.7 Å². The number of carbonyl (C=O) groups excluding carboxylic acids is 1. The topological polar surface area (TPSA) is 95.2 Å². The Labute approximate surface area is 187 Å². The van der Waals surface area contributed by atoms with Crippen molar-refractivity contribution in [1.82, 2.24) is 19.4 Å². The number of hydrogen-bond acceptors (Lipinski definition) is 5. The first-order chi connectivity index (χ1) is 15.5. The highest BCUT2D eigenvalue weighted by molar-refractivity contribution is 6.31. The second-order valence-electron chi connectivity index (χ2n) is 7.01. The minimum atomic E-state index is -0.658. The van der Waals surface area contributed by atoms with Gasteiger partial charge < -0.3 is 10.1 Å². The summed E-state index contributed by atoms with van der Waals surface area (Å²) >= 11 is 6.12. The van der Waals surface area contributed by atoms with E-state index < -0.39 is 17.2 Å². The summed E-state index contributed by atoms with van der Waals surface area (Å²) in [5.41, 5.74) is 0.267. The van der Waals surface area contributed by atoms with Crippen molar-refractivity contribution in [3.8, 4) is 11.4 Å². The van der Waals surface area contributed by atoms with Gasteiger partial charge in [-0.2, -0.15) is 0 Å². The van der Waals surface area contributed by atoms with Crippen LogP contribution in [0.2, 0.25) is 5.02 Å². The highest BCUT2D eigenvalue weighted by atomic mass is 35.5. The van der Waals surface area contributed by atoms with Gasteiger partial charge in [0.05, 0.1) is 23.7 Å². The Balaban J connectivity index is 1.80. The zero-order chi connectivity index (χ0) is 22.7. The van der Waals surface area contributed by atoms with E-state index in [9.17, 15) is 14.4 Å². The minimum absolute atomic E-state index is 0.260. The fraction of sp³-hybridized carbons (Fsp3) is 0.130. The van der Waals surface area contributed by atoms with Crippen LogP contribution in [0.25, 0.3) is 16.6 Å². The van der Waals surface area contributed by atoms with Crippen LogP contribution >= 0.6 is 11.6 Å². The summed E-state index contributed by atoms with van der Waals surface area (Å²) in [4.78, 5) is 43.2. The van der Waals surface area contributed by atoms with Crippen LogP contribution in [0, 0.1) is 0 Å². The van der Waals surface area contributed by atoms with Gasteiger partial charge in [-0.15, -0.1) is 0 Å². The molecule has 32 heavy (non-hydrogen) atoms. The number of carbonyl (C=O) groups is 1. The normalized spacial score (nSPS) is 10.8. The first-order valence-corrected chi connectivity index (χ1v) is 10.1. The number of nitrogens with one attached hydrogen (secondary N) is 1. The molecule has 0 unspecified atom stereocenters. The molecule has 0 saturated heterocycles. The maximum atomic E-state index is 13.4. The summed E-state index contributed by atoms with van der Waals surface area (Å²) in [5, 5.41) is 3.38. The van der Waals surface area contributed by atoms with Crippen LogP contribution in [0.1, 0.15) is 5.56 Å². The minimum Gasteiger partial charge on any atom is -0.497 e. The Morgan fingerprint density at radius 1 is 1.12 bits per heavy atom. The Bertz CT molecular complexity index is 1410. The quantitative estimate of drug-likeness (QED) is 0.487. The van der Waals surface area contributed by atoms with Crippen molar-refractivity contribution in [3.63, 3.8) is 0 Å². The van der Waals surface area contributed by atoms with E-state index in [0.29, 0.717) is 16.5 Å². The summed E-state index contributed by atoms with van der Waals surface area (Å²) in [6, 6.07) is 14.8. The van der Waals surface area contributed by atoms with Gasteiger partial charge in [0.1, 0.15) is 12.3 Å². The first-order valence-electron chi connectivity index (χ1n) is 9.73. The third-order valence-corrected chi connectivity index (χ3v) is 5.17. The second-order valence-corrected chi connectivity index (χ2v) is 7.45. The van der Waals surface area contributed by atoms with Gasteiger partial charge in [-0.3, -0.25) is 19.1 Å². The largest absolute Gasteiger partial charge is 0.497 e. The molecular formula is C23H19ClN4O4. The molecule has 1 amide bonds. The molecule has 4 aromatic rings. The number of benzene rings is 2. The fourth-order valence-electron chi connectivity index (χ4n) is 3.37. The SMILES string of the molecule is COc1cccc(-n2c(=O)c3ccc(Cl)cc3n(CC(=O)NCc3cccnc3)c2=O)c1. The zero-order valence-electron chi connectivity index (χ0n) is 17.1. The van der Waals surface area contributed by atoms with Gasteiger partial charge >= 0.3 is 5.69 Å². The Morgan fingerprint density at radius 3 is 2.72 bits per heavy atom. The molecule has 2 heterocycles. The first kappa shape index (κ1) is 21.3. The number of ether oxygens (including phenoxy) is 1. The molecule has 0 saturated carbocycles. The van der Waals surface area contributed by atoms with Gasteiger partial charge in [-0.05, 0) is 42.0 Å². The molecule has 8 nitrogen and oxygen atoms in total. The monoisotopic (exact) mass is 450 g/mol. The molecule has 4 rings (SSSR count). The van der Waals surface area contributed by atoms with Crippen molar-refractivity contribution in [2.45, 2.75) is 13.1 Å². The van der Waals surface area contributed by atoms with E-state index >= 15 is 0 Å².